The van der Waals surface area contributed by atoms with Gasteiger partial charge in [0.1, 0.15) is 0 Å². The predicted octanol–water partition coefficient (Wildman–Crippen LogP) is 4.36. The van der Waals surface area contributed by atoms with E-state index < -0.39 is 0 Å². The molecule has 0 atom stereocenters. The van der Waals surface area contributed by atoms with Gasteiger partial charge < -0.3 is 4.90 Å². The van der Waals surface area contributed by atoms with Crippen LogP contribution in [-0.4, -0.2) is 24.5 Å². The fraction of sp³-hybridized carbons (Fsp3) is 0.933. The van der Waals surface area contributed by atoms with Crippen LogP contribution in [0.2, 0.25) is 0 Å². The van der Waals surface area contributed by atoms with Crippen LogP contribution in [0.5, 0.6) is 0 Å². The van der Waals surface area contributed by atoms with Crippen molar-refractivity contribution in [2.45, 2.75) is 71.6 Å². The average molecular weight is 238 g/mol. The first kappa shape index (κ1) is 16.4. The Balaban J connectivity index is 3.22. The molecule has 0 aromatic rings. The molecule has 0 heterocycles. The third kappa shape index (κ3) is 11.7. The van der Waals surface area contributed by atoms with Gasteiger partial charge in [0, 0.05) is 13.0 Å². The normalized spacial score (nSPS) is 10.7. The van der Waals surface area contributed by atoms with Gasteiger partial charge in [0.2, 0.25) is 0 Å². The lowest BCUT2D eigenvalue weighted by atomic mass is 10.1. The number of rotatable bonds is 12. The smallest absolute Gasteiger partial charge is 0.0635 e. The molecule has 0 saturated heterocycles. The first-order valence-electron chi connectivity index (χ1n) is 7.44. The number of nitrogens with zero attached hydrogens (tertiary/aromatic N) is 2. The van der Waals surface area contributed by atoms with Crippen LogP contribution in [0.1, 0.15) is 71.6 Å². The summed E-state index contributed by atoms with van der Waals surface area (Å²) in [6.45, 7) is 7.65. The molecular formula is C15H30N2. The van der Waals surface area contributed by atoms with Crippen molar-refractivity contribution in [3.05, 3.63) is 0 Å². The maximum Gasteiger partial charge on any atom is 0.0635 e. The van der Waals surface area contributed by atoms with Gasteiger partial charge in [-0.1, -0.05) is 58.8 Å². The van der Waals surface area contributed by atoms with E-state index in [1.165, 1.54) is 57.9 Å². The van der Waals surface area contributed by atoms with Gasteiger partial charge in [-0.15, -0.1) is 0 Å². The second-order valence-corrected chi connectivity index (χ2v) is 4.82. The maximum atomic E-state index is 8.55. The zero-order valence-electron chi connectivity index (χ0n) is 11.9. The van der Waals surface area contributed by atoms with Gasteiger partial charge in [-0.2, -0.15) is 5.26 Å². The van der Waals surface area contributed by atoms with E-state index in [2.05, 4.69) is 24.8 Å². The van der Waals surface area contributed by atoms with Crippen LogP contribution in [0.15, 0.2) is 0 Å². The van der Waals surface area contributed by atoms with Gasteiger partial charge in [0.25, 0.3) is 0 Å². The topological polar surface area (TPSA) is 27.0 Å². The molecule has 0 aromatic heterocycles. The van der Waals surface area contributed by atoms with Crippen molar-refractivity contribution in [1.82, 2.24) is 4.90 Å². The molecule has 0 aliphatic rings. The molecule has 0 amide bonds. The number of unbranched alkanes of at least 4 members (excludes halogenated alkanes) is 7. The van der Waals surface area contributed by atoms with Gasteiger partial charge in [0.15, 0.2) is 0 Å². The van der Waals surface area contributed by atoms with Crippen LogP contribution >= 0.6 is 0 Å². The SMILES string of the molecule is CCCCCCCCCCN(CC)CCC#N. The summed E-state index contributed by atoms with van der Waals surface area (Å²) >= 11 is 0. The molecule has 0 unspecified atom stereocenters. The number of nitriles is 1. The van der Waals surface area contributed by atoms with E-state index in [1.54, 1.807) is 0 Å². The van der Waals surface area contributed by atoms with Crippen LogP contribution in [0.3, 0.4) is 0 Å². The van der Waals surface area contributed by atoms with Gasteiger partial charge >= 0.3 is 0 Å². The van der Waals surface area contributed by atoms with Crippen LogP contribution < -0.4 is 0 Å². The average Bonchev–Trinajstić information content (AvgIpc) is 2.36. The second-order valence-electron chi connectivity index (χ2n) is 4.82. The highest BCUT2D eigenvalue weighted by atomic mass is 15.1. The molecule has 17 heavy (non-hydrogen) atoms. The van der Waals surface area contributed by atoms with Crippen LogP contribution in [0.25, 0.3) is 0 Å². The molecule has 100 valence electrons. The minimum atomic E-state index is 0.671. The van der Waals surface area contributed by atoms with E-state index in [9.17, 15) is 0 Å². The molecule has 0 aromatic carbocycles. The quantitative estimate of drug-likeness (QED) is 0.472. The molecule has 0 radical (unpaired) electrons. The summed E-state index contributed by atoms with van der Waals surface area (Å²) in [5.41, 5.74) is 0. The van der Waals surface area contributed by atoms with Crippen molar-refractivity contribution >= 4 is 0 Å². The Labute approximate surface area is 108 Å². The van der Waals surface area contributed by atoms with E-state index in [1.807, 2.05) is 0 Å². The summed E-state index contributed by atoms with van der Waals surface area (Å²) in [6, 6.07) is 2.22. The Morgan fingerprint density at radius 2 is 1.41 bits per heavy atom. The zero-order chi connectivity index (χ0) is 12.8. The molecule has 0 aliphatic heterocycles. The highest BCUT2D eigenvalue weighted by Crippen LogP contribution is 2.08. The molecule has 0 saturated carbocycles. The molecule has 2 heteroatoms. The largest absolute Gasteiger partial charge is 0.303 e. The Hall–Kier alpha value is -0.550. The van der Waals surface area contributed by atoms with Gasteiger partial charge in [-0.3, -0.25) is 0 Å². The minimum Gasteiger partial charge on any atom is -0.303 e. The van der Waals surface area contributed by atoms with Crippen molar-refractivity contribution in [3.63, 3.8) is 0 Å². The maximum absolute atomic E-state index is 8.55. The summed E-state index contributed by atoms with van der Waals surface area (Å²) < 4.78 is 0. The molecule has 0 fully saturated rings. The Bertz CT molecular complexity index is 184. The van der Waals surface area contributed by atoms with Crippen LogP contribution in [-0.2, 0) is 0 Å². The summed E-state index contributed by atoms with van der Waals surface area (Å²) in [6.07, 6.45) is 11.7. The van der Waals surface area contributed by atoms with E-state index in [0.717, 1.165) is 13.1 Å². The lowest BCUT2D eigenvalue weighted by Gasteiger charge is -2.18. The van der Waals surface area contributed by atoms with Crippen LogP contribution in [0.4, 0.5) is 0 Å². The van der Waals surface area contributed by atoms with Crippen molar-refractivity contribution in [2.24, 2.45) is 0 Å². The van der Waals surface area contributed by atoms with Crippen molar-refractivity contribution in [1.29, 1.82) is 5.26 Å². The van der Waals surface area contributed by atoms with Crippen molar-refractivity contribution < 1.29 is 0 Å². The first-order chi connectivity index (χ1) is 8.35. The minimum absolute atomic E-state index is 0.671. The first-order valence-corrected chi connectivity index (χ1v) is 7.44. The summed E-state index contributed by atoms with van der Waals surface area (Å²) in [4.78, 5) is 2.39. The summed E-state index contributed by atoms with van der Waals surface area (Å²) in [5.74, 6) is 0. The summed E-state index contributed by atoms with van der Waals surface area (Å²) in [7, 11) is 0. The number of hydrogen-bond acceptors (Lipinski definition) is 2. The van der Waals surface area contributed by atoms with Gasteiger partial charge in [-0.25, -0.2) is 0 Å². The van der Waals surface area contributed by atoms with E-state index in [0.29, 0.717) is 6.42 Å². The Morgan fingerprint density at radius 3 is 1.94 bits per heavy atom. The lowest BCUT2D eigenvalue weighted by Crippen LogP contribution is -2.25. The molecule has 0 bridgehead atoms. The van der Waals surface area contributed by atoms with Gasteiger partial charge in [0.05, 0.1) is 6.07 Å². The van der Waals surface area contributed by atoms with E-state index in [4.69, 9.17) is 5.26 Å². The van der Waals surface area contributed by atoms with E-state index in [-0.39, 0.29) is 0 Å². The Kier molecular flexibility index (Phi) is 13.1. The standard InChI is InChI=1S/C15H30N2/c1-3-5-6-7-8-9-10-11-14-17(4-2)15-12-13-16/h3-12,14-15H2,1-2H3. The molecule has 0 aliphatic carbocycles. The fourth-order valence-electron chi connectivity index (χ4n) is 2.11. The molecule has 2 nitrogen and oxygen atoms in total. The van der Waals surface area contributed by atoms with E-state index >= 15 is 0 Å². The highest BCUT2D eigenvalue weighted by molar-refractivity contribution is 4.71. The van der Waals surface area contributed by atoms with Crippen molar-refractivity contribution in [3.8, 4) is 6.07 Å². The third-order valence-electron chi connectivity index (χ3n) is 3.31. The van der Waals surface area contributed by atoms with Gasteiger partial charge in [-0.05, 0) is 19.5 Å². The molecular weight excluding hydrogens is 208 g/mol. The Morgan fingerprint density at radius 1 is 0.824 bits per heavy atom. The van der Waals surface area contributed by atoms with Crippen molar-refractivity contribution in [2.75, 3.05) is 19.6 Å². The predicted molar refractivity (Wildman–Crippen MR) is 75.0 cm³/mol. The molecule has 0 rings (SSSR count). The lowest BCUT2D eigenvalue weighted by molar-refractivity contribution is 0.286. The fourth-order valence-corrected chi connectivity index (χ4v) is 2.11. The number of hydrogen-bond donors (Lipinski definition) is 0. The zero-order valence-corrected chi connectivity index (χ0v) is 11.9. The molecule has 0 N–H and O–H groups in total. The highest BCUT2D eigenvalue weighted by Gasteiger charge is 2.00. The monoisotopic (exact) mass is 238 g/mol. The second kappa shape index (κ2) is 13.5. The molecule has 0 spiro atoms. The third-order valence-corrected chi connectivity index (χ3v) is 3.31. The summed E-state index contributed by atoms with van der Waals surface area (Å²) in [5, 5.41) is 8.55. The van der Waals surface area contributed by atoms with Crippen LogP contribution in [0, 0.1) is 11.3 Å².